The van der Waals surface area contributed by atoms with E-state index in [0.717, 1.165) is 16.7 Å². The predicted molar refractivity (Wildman–Crippen MR) is 143 cm³/mol. The number of aliphatic hydroxyl groups excluding tert-OH is 2. The van der Waals surface area contributed by atoms with Gasteiger partial charge >= 0.3 is 0 Å². The van der Waals surface area contributed by atoms with Gasteiger partial charge in [-0.2, -0.15) is 4.98 Å². The zero-order valence-electron chi connectivity index (χ0n) is 21.0. The lowest BCUT2D eigenvalue weighted by Gasteiger charge is -2.31. The summed E-state index contributed by atoms with van der Waals surface area (Å²) in [6, 6.07) is 8.83. The lowest BCUT2D eigenvalue weighted by molar-refractivity contribution is -0.131. The van der Waals surface area contributed by atoms with Gasteiger partial charge in [0.05, 0.1) is 36.9 Å². The van der Waals surface area contributed by atoms with Gasteiger partial charge < -0.3 is 29.7 Å². The first-order chi connectivity index (χ1) is 17.3. The Morgan fingerprint density at radius 1 is 1.24 bits per heavy atom. The summed E-state index contributed by atoms with van der Waals surface area (Å²) in [5.74, 6) is 1.39. The van der Waals surface area contributed by atoms with Crippen molar-refractivity contribution in [2.75, 3.05) is 26.3 Å². The number of aliphatic hydroxyl groups is 2. The molecule has 3 N–H and O–H groups in total. The zero-order chi connectivity index (χ0) is 25.8. The van der Waals surface area contributed by atoms with Crippen LogP contribution >= 0.6 is 24.0 Å². The zero-order valence-corrected chi connectivity index (χ0v) is 22.6. The Hall–Kier alpha value is -2.69. The van der Waals surface area contributed by atoms with Crippen LogP contribution in [-0.4, -0.2) is 69.6 Å². The van der Waals surface area contributed by atoms with Crippen molar-refractivity contribution in [1.82, 2.24) is 20.4 Å². The van der Waals surface area contributed by atoms with Gasteiger partial charge in [0.25, 0.3) is 5.89 Å². The summed E-state index contributed by atoms with van der Waals surface area (Å²) in [5, 5.41) is 25.9. The standard InChI is InChI=1S/C26H31ClN4O5.ClH/c1-15(2)35-23-7-5-17(10-22(23)27)26-29-25(30-36-26)21-6-4-18-12-31(9-8-20(18)16(21)3)24(34)11-28-19(13-32)14-33;/h4-7,10,15,19,28,32-33H,8-9,11-14H2,1-3H3;1H. The Bertz CT molecular complexity index is 1230. The van der Waals surface area contributed by atoms with Gasteiger partial charge in [0.1, 0.15) is 5.75 Å². The molecule has 1 amide bonds. The fraction of sp³-hybridized carbons (Fsp3) is 0.423. The third-order valence-corrected chi connectivity index (χ3v) is 6.53. The van der Waals surface area contributed by atoms with Crippen LogP contribution in [0, 0.1) is 6.92 Å². The predicted octanol–water partition coefficient (Wildman–Crippen LogP) is 3.40. The van der Waals surface area contributed by atoms with E-state index in [4.69, 9.17) is 20.9 Å². The smallest absolute Gasteiger partial charge is 0.258 e. The Labute approximate surface area is 227 Å². The van der Waals surface area contributed by atoms with Crippen molar-refractivity contribution >= 4 is 29.9 Å². The Morgan fingerprint density at radius 2 is 2.00 bits per heavy atom. The second kappa shape index (κ2) is 12.7. The van der Waals surface area contributed by atoms with Crippen molar-refractivity contribution in [3.05, 3.63) is 52.0 Å². The van der Waals surface area contributed by atoms with Gasteiger partial charge in [-0.3, -0.25) is 4.79 Å². The van der Waals surface area contributed by atoms with Crippen molar-refractivity contribution in [2.24, 2.45) is 0 Å². The molecule has 0 spiro atoms. The molecule has 0 saturated heterocycles. The van der Waals surface area contributed by atoms with E-state index in [1.165, 1.54) is 5.56 Å². The molecule has 0 atom stereocenters. The summed E-state index contributed by atoms with van der Waals surface area (Å²) >= 11 is 6.37. The van der Waals surface area contributed by atoms with Gasteiger partial charge in [-0.1, -0.05) is 28.9 Å². The number of hydrogen-bond donors (Lipinski definition) is 3. The molecule has 1 aromatic heterocycles. The molecule has 3 aromatic rings. The number of carbonyl (C=O) groups is 1. The number of aromatic nitrogens is 2. The fourth-order valence-electron chi connectivity index (χ4n) is 4.26. The third-order valence-electron chi connectivity index (χ3n) is 6.23. The maximum atomic E-state index is 12.6. The third kappa shape index (κ3) is 6.61. The average molecular weight is 551 g/mol. The number of halogens is 2. The molecule has 11 heteroatoms. The lowest BCUT2D eigenvalue weighted by Crippen LogP contribution is -2.45. The summed E-state index contributed by atoms with van der Waals surface area (Å²) in [4.78, 5) is 19.0. The second-order valence-electron chi connectivity index (χ2n) is 9.12. The molecule has 0 aliphatic carbocycles. The van der Waals surface area contributed by atoms with E-state index in [9.17, 15) is 15.0 Å². The molecule has 2 aromatic carbocycles. The number of benzene rings is 2. The highest BCUT2D eigenvalue weighted by atomic mass is 35.5. The van der Waals surface area contributed by atoms with E-state index < -0.39 is 6.04 Å². The maximum absolute atomic E-state index is 12.6. The molecule has 0 unspecified atom stereocenters. The van der Waals surface area contributed by atoms with Crippen LogP contribution in [-0.2, 0) is 17.8 Å². The number of rotatable bonds is 9. The van der Waals surface area contributed by atoms with Crippen molar-refractivity contribution in [3.63, 3.8) is 0 Å². The number of nitrogens with one attached hydrogen (secondary N) is 1. The normalized spacial score (nSPS) is 13.0. The number of carbonyl (C=O) groups excluding carboxylic acids is 1. The second-order valence-corrected chi connectivity index (χ2v) is 9.53. The minimum absolute atomic E-state index is 0. The highest BCUT2D eigenvalue weighted by Gasteiger charge is 2.24. The average Bonchev–Trinajstić information content (AvgIpc) is 3.35. The van der Waals surface area contributed by atoms with E-state index >= 15 is 0 Å². The summed E-state index contributed by atoms with van der Waals surface area (Å²) in [6.07, 6.45) is 0.726. The summed E-state index contributed by atoms with van der Waals surface area (Å²) in [5.41, 5.74) is 4.90. The molecule has 0 saturated carbocycles. The molecule has 2 heterocycles. The quantitative estimate of drug-likeness (QED) is 0.370. The van der Waals surface area contributed by atoms with Gasteiger partial charge in [0, 0.05) is 24.2 Å². The molecule has 200 valence electrons. The fourth-order valence-corrected chi connectivity index (χ4v) is 4.48. The summed E-state index contributed by atoms with van der Waals surface area (Å²) < 4.78 is 11.2. The highest BCUT2D eigenvalue weighted by molar-refractivity contribution is 6.32. The number of ether oxygens (including phenoxy) is 1. The number of nitrogens with zero attached hydrogens (tertiary/aromatic N) is 3. The number of amides is 1. The first kappa shape index (κ1) is 28.9. The van der Waals surface area contributed by atoms with Crippen LogP contribution in [0.1, 0.15) is 30.5 Å². The van der Waals surface area contributed by atoms with Crippen molar-refractivity contribution < 1.29 is 24.3 Å². The van der Waals surface area contributed by atoms with E-state index in [1.807, 2.05) is 39.0 Å². The van der Waals surface area contributed by atoms with Crippen LogP contribution < -0.4 is 10.1 Å². The number of hydrogen-bond acceptors (Lipinski definition) is 8. The van der Waals surface area contributed by atoms with Crippen molar-refractivity contribution in [3.8, 4) is 28.6 Å². The molecular formula is C26H32Cl2N4O5. The Balaban J connectivity index is 0.00000380. The van der Waals surface area contributed by atoms with Gasteiger partial charge in [-0.25, -0.2) is 0 Å². The van der Waals surface area contributed by atoms with Crippen LogP contribution in [0.3, 0.4) is 0 Å². The highest BCUT2D eigenvalue weighted by Crippen LogP contribution is 2.33. The molecular weight excluding hydrogens is 519 g/mol. The van der Waals surface area contributed by atoms with Crippen LogP contribution in [0.4, 0.5) is 0 Å². The van der Waals surface area contributed by atoms with E-state index in [0.29, 0.717) is 47.6 Å². The van der Waals surface area contributed by atoms with E-state index in [1.54, 1.807) is 17.0 Å². The molecule has 9 nitrogen and oxygen atoms in total. The van der Waals surface area contributed by atoms with Gasteiger partial charge in [0.15, 0.2) is 0 Å². The van der Waals surface area contributed by atoms with Gasteiger partial charge in [-0.05, 0) is 62.1 Å². The largest absolute Gasteiger partial charge is 0.489 e. The lowest BCUT2D eigenvalue weighted by atomic mass is 9.91. The van der Waals surface area contributed by atoms with Crippen LogP contribution in [0.15, 0.2) is 34.9 Å². The topological polar surface area (TPSA) is 121 Å². The molecule has 37 heavy (non-hydrogen) atoms. The maximum Gasteiger partial charge on any atom is 0.258 e. The number of fused-ring (bicyclic) bond motifs is 1. The first-order valence-electron chi connectivity index (χ1n) is 12.0. The first-order valence-corrected chi connectivity index (χ1v) is 12.3. The minimum Gasteiger partial charge on any atom is -0.489 e. The molecule has 0 radical (unpaired) electrons. The molecule has 0 bridgehead atoms. The minimum atomic E-state index is -0.502. The molecule has 0 fully saturated rings. The Kier molecular flexibility index (Phi) is 9.92. The summed E-state index contributed by atoms with van der Waals surface area (Å²) in [7, 11) is 0. The molecule has 1 aliphatic heterocycles. The molecule has 1 aliphatic rings. The van der Waals surface area contributed by atoms with Crippen LogP contribution in [0.5, 0.6) is 5.75 Å². The monoisotopic (exact) mass is 550 g/mol. The van der Waals surface area contributed by atoms with Crippen molar-refractivity contribution in [2.45, 2.75) is 45.9 Å². The van der Waals surface area contributed by atoms with Gasteiger partial charge in [0.2, 0.25) is 11.7 Å². The summed E-state index contributed by atoms with van der Waals surface area (Å²) in [6.45, 7) is 6.61. The van der Waals surface area contributed by atoms with Crippen molar-refractivity contribution in [1.29, 1.82) is 0 Å². The van der Waals surface area contributed by atoms with Crippen LogP contribution in [0.25, 0.3) is 22.8 Å². The van der Waals surface area contributed by atoms with E-state index in [2.05, 4.69) is 15.5 Å². The van der Waals surface area contributed by atoms with Gasteiger partial charge in [-0.15, -0.1) is 12.4 Å². The molecule has 4 rings (SSSR count). The van der Waals surface area contributed by atoms with E-state index in [-0.39, 0.29) is 44.2 Å². The Morgan fingerprint density at radius 3 is 2.68 bits per heavy atom. The SMILES string of the molecule is Cc1c(-c2noc(-c3ccc(OC(C)C)c(Cl)c3)n2)ccc2c1CCN(C(=O)CNC(CO)CO)C2.Cl. The van der Waals surface area contributed by atoms with Crippen LogP contribution in [0.2, 0.25) is 5.02 Å².